The standard InChI is InChI=1S/C21H21N3O/c25-21-11-19(23-13-16-5-4-10-22-12-16)15-24(21)14-18-8-3-7-17-6-1-2-9-20(17)18/h1-10,12,19,23H,11,13-15H2. The van der Waals surface area contributed by atoms with Crippen molar-refractivity contribution < 1.29 is 4.79 Å². The number of carbonyl (C=O) groups is 1. The predicted octanol–water partition coefficient (Wildman–Crippen LogP) is 3.13. The smallest absolute Gasteiger partial charge is 0.224 e. The third-order valence-electron chi connectivity index (χ3n) is 4.77. The average Bonchev–Trinajstić information content (AvgIpc) is 3.01. The number of benzene rings is 2. The lowest BCUT2D eigenvalue weighted by atomic mass is 10.0. The Hall–Kier alpha value is -2.72. The maximum atomic E-state index is 12.4. The van der Waals surface area contributed by atoms with Gasteiger partial charge in [0.1, 0.15) is 0 Å². The van der Waals surface area contributed by atoms with Crippen LogP contribution in [0.3, 0.4) is 0 Å². The molecule has 1 aliphatic heterocycles. The molecule has 1 aliphatic rings. The van der Waals surface area contributed by atoms with Crippen LogP contribution in [0, 0.1) is 0 Å². The first-order valence-electron chi connectivity index (χ1n) is 8.66. The van der Waals surface area contributed by atoms with E-state index in [1.54, 1.807) is 6.20 Å². The van der Waals surface area contributed by atoms with Gasteiger partial charge >= 0.3 is 0 Å². The minimum Gasteiger partial charge on any atom is -0.337 e. The minimum absolute atomic E-state index is 0.197. The summed E-state index contributed by atoms with van der Waals surface area (Å²) in [5, 5.41) is 5.93. The number of carbonyl (C=O) groups excluding carboxylic acids is 1. The summed E-state index contributed by atoms with van der Waals surface area (Å²) in [6.07, 6.45) is 4.19. The van der Waals surface area contributed by atoms with Crippen LogP contribution in [0.5, 0.6) is 0 Å². The zero-order valence-corrected chi connectivity index (χ0v) is 14.1. The number of hydrogen-bond donors (Lipinski definition) is 1. The first kappa shape index (κ1) is 15.8. The Kier molecular flexibility index (Phi) is 4.44. The van der Waals surface area contributed by atoms with Crippen LogP contribution in [0.15, 0.2) is 67.0 Å². The molecule has 0 aliphatic carbocycles. The lowest BCUT2D eigenvalue weighted by Crippen LogP contribution is -2.32. The van der Waals surface area contributed by atoms with Crippen molar-refractivity contribution in [3.63, 3.8) is 0 Å². The number of nitrogens with zero attached hydrogens (tertiary/aromatic N) is 2. The predicted molar refractivity (Wildman–Crippen MR) is 98.8 cm³/mol. The highest BCUT2D eigenvalue weighted by atomic mass is 16.2. The Bertz CT molecular complexity index is 873. The van der Waals surface area contributed by atoms with Crippen LogP contribution in [0.25, 0.3) is 10.8 Å². The Balaban J connectivity index is 1.42. The second kappa shape index (κ2) is 7.03. The van der Waals surface area contributed by atoms with Crippen molar-refractivity contribution in [1.82, 2.24) is 15.2 Å². The minimum atomic E-state index is 0.197. The Morgan fingerprint density at radius 1 is 1.08 bits per heavy atom. The Morgan fingerprint density at radius 3 is 2.84 bits per heavy atom. The molecule has 1 atom stereocenters. The third kappa shape index (κ3) is 3.54. The van der Waals surface area contributed by atoms with Gasteiger partial charge in [-0.2, -0.15) is 0 Å². The highest BCUT2D eigenvalue weighted by Gasteiger charge is 2.29. The van der Waals surface area contributed by atoms with Gasteiger partial charge in [-0.15, -0.1) is 0 Å². The topological polar surface area (TPSA) is 45.2 Å². The molecule has 1 aromatic heterocycles. The van der Waals surface area contributed by atoms with Crippen LogP contribution in [-0.4, -0.2) is 28.4 Å². The molecule has 1 fully saturated rings. The summed E-state index contributed by atoms with van der Waals surface area (Å²) in [5.74, 6) is 0.219. The van der Waals surface area contributed by atoms with E-state index in [0.29, 0.717) is 13.0 Å². The molecule has 4 heteroatoms. The van der Waals surface area contributed by atoms with Gasteiger partial charge in [-0.25, -0.2) is 0 Å². The fraction of sp³-hybridized carbons (Fsp3) is 0.238. The van der Waals surface area contributed by atoms with Crippen molar-refractivity contribution in [1.29, 1.82) is 0 Å². The van der Waals surface area contributed by atoms with E-state index in [4.69, 9.17) is 0 Å². The molecule has 2 aromatic carbocycles. The molecule has 0 bridgehead atoms. The lowest BCUT2D eigenvalue weighted by molar-refractivity contribution is -0.128. The van der Waals surface area contributed by atoms with E-state index in [1.807, 2.05) is 29.3 Å². The van der Waals surface area contributed by atoms with Gasteiger partial charge in [-0.1, -0.05) is 48.5 Å². The molecular weight excluding hydrogens is 310 g/mol. The quantitative estimate of drug-likeness (QED) is 0.781. The Morgan fingerprint density at radius 2 is 1.96 bits per heavy atom. The van der Waals surface area contributed by atoms with E-state index in [1.165, 1.54) is 16.3 Å². The van der Waals surface area contributed by atoms with Crippen molar-refractivity contribution in [3.05, 3.63) is 78.1 Å². The fourth-order valence-corrected chi connectivity index (χ4v) is 3.46. The summed E-state index contributed by atoms with van der Waals surface area (Å²) < 4.78 is 0. The molecule has 1 amide bonds. The molecule has 4 nitrogen and oxygen atoms in total. The molecule has 1 unspecified atom stereocenters. The van der Waals surface area contributed by atoms with E-state index in [2.05, 4.69) is 46.7 Å². The molecule has 2 heterocycles. The lowest BCUT2D eigenvalue weighted by Gasteiger charge is -2.18. The van der Waals surface area contributed by atoms with E-state index in [0.717, 1.165) is 18.7 Å². The summed E-state index contributed by atoms with van der Waals surface area (Å²) in [5.41, 5.74) is 2.35. The molecular formula is C21H21N3O. The van der Waals surface area contributed by atoms with Gasteiger partial charge in [-0.3, -0.25) is 9.78 Å². The molecule has 25 heavy (non-hydrogen) atoms. The van der Waals surface area contributed by atoms with Gasteiger partial charge in [0.15, 0.2) is 0 Å². The van der Waals surface area contributed by atoms with Crippen LogP contribution in [0.2, 0.25) is 0 Å². The van der Waals surface area contributed by atoms with Crippen molar-refractivity contribution in [2.24, 2.45) is 0 Å². The second-order valence-electron chi connectivity index (χ2n) is 6.56. The van der Waals surface area contributed by atoms with Gasteiger partial charge in [0.25, 0.3) is 0 Å². The largest absolute Gasteiger partial charge is 0.337 e. The van der Waals surface area contributed by atoms with E-state index in [9.17, 15) is 4.79 Å². The second-order valence-corrected chi connectivity index (χ2v) is 6.56. The van der Waals surface area contributed by atoms with Gasteiger partial charge < -0.3 is 10.2 Å². The zero-order chi connectivity index (χ0) is 17.1. The third-order valence-corrected chi connectivity index (χ3v) is 4.77. The summed E-state index contributed by atoms with van der Waals surface area (Å²) in [4.78, 5) is 18.5. The molecule has 1 saturated heterocycles. The molecule has 3 aromatic rings. The van der Waals surface area contributed by atoms with Crippen LogP contribution in [0.1, 0.15) is 17.5 Å². The number of likely N-dealkylation sites (tertiary alicyclic amines) is 1. The molecule has 126 valence electrons. The summed E-state index contributed by atoms with van der Waals surface area (Å²) >= 11 is 0. The molecule has 0 spiro atoms. The fourth-order valence-electron chi connectivity index (χ4n) is 3.46. The number of amides is 1. The van der Waals surface area contributed by atoms with Gasteiger partial charge in [0.05, 0.1) is 0 Å². The van der Waals surface area contributed by atoms with Crippen molar-refractivity contribution in [2.75, 3.05) is 6.54 Å². The molecule has 4 rings (SSSR count). The molecule has 1 N–H and O–H groups in total. The highest BCUT2D eigenvalue weighted by Crippen LogP contribution is 2.22. The van der Waals surface area contributed by atoms with Crippen LogP contribution in [0.4, 0.5) is 0 Å². The van der Waals surface area contributed by atoms with Gasteiger partial charge in [-0.05, 0) is 28.0 Å². The van der Waals surface area contributed by atoms with Crippen molar-refractivity contribution in [3.8, 4) is 0 Å². The van der Waals surface area contributed by atoms with Crippen molar-refractivity contribution >= 4 is 16.7 Å². The Labute approximate surface area is 147 Å². The number of hydrogen-bond acceptors (Lipinski definition) is 3. The highest BCUT2D eigenvalue weighted by molar-refractivity contribution is 5.86. The molecule has 0 saturated carbocycles. The maximum absolute atomic E-state index is 12.4. The SMILES string of the molecule is O=C1CC(NCc2cccnc2)CN1Cc1cccc2ccccc12. The van der Waals surface area contributed by atoms with E-state index < -0.39 is 0 Å². The first-order valence-corrected chi connectivity index (χ1v) is 8.66. The number of nitrogens with one attached hydrogen (secondary N) is 1. The monoisotopic (exact) mass is 331 g/mol. The van der Waals surface area contributed by atoms with Crippen LogP contribution >= 0.6 is 0 Å². The van der Waals surface area contributed by atoms with Gasteiger partial charge in [0.2, 0.25) is 5.91 Å². The summed E-state index contributed by atoms with van der Waals surface area (Å²) in [6, 6.07) is 18.8. The van der Waals surface area contributed by atoms with Crippen molar-refractivity contribution in [2.45, 2.75) is 25.6 Å². The zero-order valence-electron chi connectivity index (χ0n) is 14.1. The van der Waals surface area contributed by atoms with E-state index >= 15 is 0 Å². The summed E-state index contributed by atoms with van der Waals surface area (Å²) in [7, 11) is 0. The van der Waals surface area contributed by atoms with Crippen LogP contribution < -0.4 is 5.32 Å². The first-order chi connectivity index (χ1) is 12.3. The number of fused-ring (bicyclic) bond motifs is 1. The molecule has 0 radical (unpaired) electrons. The maximum Gasteiger partial charge on any atom is 0.224 e. The van der Waals surface area contributed by atoms with E-state index in [-0.39, 0.29) is 11.9 Å². The number of rotatable bonds is 5. The van der Waals surface area contributed by atoms with Gasteiger partial charge in [0, 0.05) is 44.5 Å². The summed E-state index contributed by atoms with van der Waals surface area (Å²) in [6.45, 7) is 2.17. The van der Waals surface area contributed by atoms with Crippen LogP contribution in [-0.2, 0) is 17.9 Å². The normalized spacial score (nSPS) is 17.4. The average molecular weight is 331 g/mol. The number of pyridine rings is 1. The number of aromatic nitrogens is 1.